The van der Waals surface area contributed by atoms with Crippen molar-refractivity contribution in [2.75, 3.05) is 0 Å². The molecule has 0 radical (unpaired) electrons. The molecular weight excluding hydrogens is 364 g/mol. The van der Waals surface area contributed by atoms with Crippen LogP contribution in [0.5, 0.6) is 0 Å². The van der Waals surface area contributed by atoms with E-state index in [-0.39, 0.29) is 4.90 Å². The molecule has 2 rings (SSSR count). The van der Waals surface area contributed by atoms with E-state index in [4.69, 9.17) is 0 Å². The molecule has 0 saturated carbocycles. The summed E-state index contributed by atoms with van der Waals surface area (Å²) in [4.78, 5) is 2.55. The maximum atomic E-state index is 12.4. The largest absolute Gasteiger partial charge is 0.276 e. The second-order valence-electron chi connectivity index (χ2n) is 5.07. The SMILES string of the molecule is CC(=NNS(=O)(=O)c1cc(C)ccc1C)c1ccc(Br)cc1. The van der Waals surface area contributed by atoms with Crippen LogP contribution in [0.2, 0.25) is 0 Å². The Morgan fingerprint density at radius 3 is 2.36 bits per heavy atom. The summed E-state index contributed by atoms with van der Waals surface area (Å²) < 4.78 is 25.7. The average Bonchev–Trinajstić information content (AvgIpc) is 2.48. The lowest BCUT2D eigenvalue weighted by Gasteiger charge is -2.09. The van der Waals surface area contributed by atoms with E-state index >= 15 is 0 Å². The summed E-state index contributed by atoms with van der Waals surface area (Å²) in [6.45, 7) is 5.38. The van der Waals surface area contributed by atoms with Crippen LogP contribution in [-0.2, 0) is 10.0 Å². The Balaban J connectivity index is 2.27. The third kappa shape index (κ3) is 3.96. The van der Waals surface area contributed by atoms with Crippen LogP contribution in [-0.4, -0.2) is 14.1 Å². The number of nitrogens with one attached hydrogen (secondary N) is 1. The molecular formula is C16H17BrN2O2S. The molecule has 0 aromatic heterocycles. The lowest BCUT2D eigenvalue weighted by molar-refractivity contribution is 0.583. The van der Waals surface area contributed by atoms with Gasteiger partial charge in [-0.15, -0.1) is 0 Å². The smallest absolute Gasteiger partial charge is 0.200 e. The molecule has 2 aromatic carbocycles. The number of halogens is 1. The van der Waals surface area contributed by atoms with Gasteiger partial charge in [-0.05, 0) is 55.7 Å². The van der Waals surface area contributed by atoms with Gasteiger partial charge in [-0.25, -0.2) is 0 Å². The Morgan fingerprint density at radius 1 is 1.09 bits per heavy atom. The van der Waals surface area contributed by atoms with Gasteiger partial charge in [-0.2, -0.15) is 18.4 Å². The predicted molar refractivity (Wildman–Crippen MR) is 92.6 cm³/mol. The Bertz CT molecular complexity index is 813. The van der Waals surface area contributed by atoms with Crippen LogP contribution in [0.3, 0.4) is 0 Å². The molecule has 0 unspecified atom stereocenters. The van der Waals surface area contributed by atoms with Crippen molar-refractivity contribution in [2.24, 2.45) is 5.10 Å². The predicted octanol–water partition coefficient (Wildman–Crippen LogP) is 3.77. The normalized spacial score (nSPS) is 12.3. The fourth-order valence-electron chi connectivity index (χ4n) is 1.93. The maximum Gasteiger partial charge on any atom is 0.276 e. The summed E-state index contributed by atoms with van der Waals surface area (Å²) in [6.07, 6.45) is 0. The molecule has 0 bridgehead atoms. The van der Waals surface area contributed by atoms with Crippen molar-refractivity contribution in [2.45, 2.75) is 25.7 Å². The number of rotatable bonds is 4. The Morgan fingerprint density at radius 2 is 1.73 bits per heavy atom. The number of sulfonamides is 1. The second-order valence-corrected chi connectivity index (χ2v) is 7.61. The van der Waals surface area contributed by atoms with Gasteiger partial charge in [0.15, 0.2) is 0 Å². The molecule has 0 aliphatic rings. The van der Waals surface area contributed by atoms with E-state index in [1.165, 1.54) is 0 Å². The van der Waals surface area contributed by atoms with Gasteiger partial charge in [-0.3, -0.25) is 0 Å². The van der Waals surface area contributed by atoms with Crippen LogP contribution in [0.4, 0.5) is 0 Å². The van der Waals surface area contributed by atoms with Gasteiger partial charge in [-0.1, -0.05) is 40.2 Å². The van der Waals surface area contributed by atoms with Gasteiger partial charge in [0.1, 0.15) is 0 Å². The van der Waals surface area contributed by atoms with Crippen molar-refractivity contribution in [1.82, 2.24) is 4.83 Å². The van der Waals surface area contributed by atoms with Crippen LogP contribution >= 0.6 is 15.9 Å². The highest BCUT2D eigenvalue weighted by Crippen LogP contribution is 2.17. The summed E-state index contributed by atoms with van der Waals surface area (Å²) >= 11 is 3.36. The zero-order chi connectivity index (χ0) is 16.3. The van der Waals surface area contributed by atoms with Gasteiger partial charge in [0.05, 0.1) is 10.6 Å². The van der Waals surface area contributed by atoms with E-state index in [0.29, 0.717) is 11.3 Å². The number of aryl methyl sites for hydroxylation is 2. The van der Waals surface area contributed by atoms with Crippen molar-refractivity contribution in [3.8, 4) is 0 Å². The molecule has 0 heterocycles. The molecule has 6 heteroatoms. The zero-order valence-electron chi connectivity index (χ0n) is 12.6. The first kappa shape index (κ1) is 16.7. The summed E-state index contributed by atoms with van der Waals surface area (Å²) in [5.41, 5.74) is 3.03. The van der Waals surface area contributed by atoms with Crippen molar-refractivity contribution < 1.29 is 8.42 Å². The molecule has 0 fully saturated rings. The lowest BCUT2D eigenvalue weighted by Crippen LogP contribution is -2.21. The number of hydrogen-bond acceptors (Lipinski definition) is 3. The van der Waals surface area contributed by atoms with Crippen molar-refractivity contribution in [3.63, 3.8) is 0 Å². The molecule has 116 valence electrons. The summed E-state index contributed by atoms with van der Waals surface area (Å²) in [6, 6.07) is 12.8. The minimum atomic E-state index is -3.67. The third-order valence-electron chi connectivity index (χ3n) is 3.23. The van der Waals surface area contributed by atoms with Gasteiger partial charge < -0.3 is 0 Å². The maximum absolute atomic E-state index is 12.4. The standard InChI is InChI=1S/C16H17BrN2O2S/c1-11-4-5-12(2)16(10-11)22(20,21)19-18-13(3)14-6-8-15(17)9-7-14/h4-10,19H,1-3H3. The Hall–Kier alpha value is -1.66. The number of benzene rings is 2. The quantitative estimate of drug-likeness (QED) is 0.648. The molecule has 0 spiro atoms. The van der Waals surface area contributed by atoms with E-state index in [1.54, 1.807) is 26.0 Å². The van der Waals surface area contributed by atoms with Crippen molar-refractivity contribution in [1.29, 1.82) is 0 Å². The van der Waals surface area contributed by atoms with Gasteiger partial charge in [0, 0.05) is 4.47 Å². The van der Waals surface area contributed by atoms with Crippen molar-refractivity contribution >= 4 is 31.7 Å². The molecule has 0 aliphatic heterocycles. The molecule has 0 amide bonds. The molecule has 22 heavy (non-hydrogen) atoms. The summed E-state index contributed by atoms with van der Waals surface area (Å²) in [5, 5.41) is 4.01. The third-order valence-corrected chi connectivity index (χ3v) is 5.11. The van der Waals surface area contributed by atoms with Crippen molar-refractivity contribution in [3.05, 3.63) is 63.6 Å². The average molecular weight is 381 g/mol. The van der Waals surface area contributed by atoms with Crippen LogP contribution < -0.4 is 4.83 Å². The van der Waals surface area contributed by atoms with E-state index in [1.807, 2.05) is 37.3 Å². The van der Waals surface area contributed by atoms with Crippen LogP contribution in [0.15, 0.2) is 56.9 Å². The Kier molecular flexibility index (Phi) is 5.03. The topological polar surface area (TPSA) is 58.5 Å². The first-order chi connectivity index (χ1) is 10.3. The highest BCUT2D eigenvalue weighted by atomic mass is 79.9. The number of hydrogen-bond donors (Lipinski definition) is 1. The van der Waals surface area contributed by atoms with E-state index in [2.05, 4.69) is 25.9 Å². The van der Waals surface area contributed by atoms with Crippen LogP contribution in [0, 0.1) is 13.8 Å². The highest BCUT2D eigenvalue weighted by Gasteiger charge is 2.16. The fraction of sp³-hybridized carbons (Fsp3) is 0.188. The lowest BCUT2D eigenvalue weighted by atomic mass is 10.1. The first-order valence-electron chi connectivity index (χ1n) is 6.69. The van der Waals surface area contributed by atoms with E-state index in [9.17, 15) is 8.42 Å². The van der Waals surface area contributed by atoms with Gasteiger partial charge in [0.25, 0.3) is 10.0 Å². The highest BCUT2D eigenvalue weighted by molar-refractivity contribution is 9.10. The Labute approximate surface area is 139 Å². The molecule has 0 saturated heterocycles. The number of hydrazone groups is 1. The summed E-state index contributed by atoms with van der Waals surface area (Å²) in [5.74, 6) is 0. The van der Waals surface area contributed by atoms with Gasteiger partial charge in [0.2, 0.25) is 0 Å². The van der Waals surface area contributed by atoms with E-state index in [0.717, 1.165) is 15.6 Å². The van der Waals surface area contributed by atoms with Crippen LogP contribution in [0.25, 0.3) is 0 Å². The number of nitrogens with zero attached hydrogens (tertiary/aromatic N) is 1. The monoisotopic (exact) mass is 380 g/mol. The van der Waals surface area contributed by atoms with E-state index < -0.39 is 10.0 Å². The first-order valence-corrected chi connectivity index (χ1v) is 8.96. The summed E-state index contributed by atoms with van der Waals surface area (Å²) in [7, 11) is -3.67. The molecule has 0 aliphatic carbocycles. The molecule has 4 nitrogen and oxygen atoms in total. The zero-order valence-corrected chi connectivity index (χ0v) is 15.0. The minimum Gasteiger partial charge on any atom is -0.200 e. The molecule has 1 N–H and O–H groups in total. The fourth-order valence-corrected chi connectivity index (χ4v) is 3.38. The molecule has 2 aromatic rings. The molecule has 0 atom stereocenters. The second kappa shape index (κ2) is 6.62. The van der Waals surface area contributed by atoms with Crippen LogP contribution in [0.1, 0.15) is 23.6 Å². The minimum absolute atomic E-state index is 0.250. The van der Waals surface area contributed by atoms with Gasteiger partial charge >= 0.3 is 0 Å².